The van der Waals surface area contributed by atoms with E-state index in [-0.39, 0.29) is 17.8 Å². The van der Waals surface area contributed by atoms with E-state index in [9.17, 15) is 9.18 Å². The number of hydrogen-bond acceptors (Lipinski definition) is 3. The van der Waals surface area contributed by atoms with E-state index in [1.165, 1.54) is 12.1 Å². The Morgan fingerprint density at radius 1 is 1.23 bits per heavy atom. The molecule has 1 amide bonds. The van der Waals surface area contributed by atoms with Crippen LogP contribution in [-0.4, -0.2) is 22.5 Å². The molecule has 1 unspecified atom stereocenters. The highest BCUT2D eigenvalue weighted by Gasteiger charge is 2.37. The van der Waals surface area contributed by atoms with Crippen LogP contribution in [0.3, 0.4) is 0 Å². The number of amides is 1. The Kier molecular flexibility index (Phi) is 3.21. The molecule has 1 aromatic heterocycles. The van der Waals surface area contributed by atoms with Gasteiger partial charge in [0.2, 0.25) is 5.76 Å². The largest absolute Gasteiger partial charge is 0.350 e. The minimum absolute atomic E-state index is 0.0115. The molecule has 0 radical (unpaired) electrons. The molecule has 4 rings (SSSR count). The lowest BCUT2D eigenvalue weighted by molar-refractivity contribution is 0.0417. The molecule has 0 saturated carbocycles. The molecule has 1 saturated heterocycles. The zero-order valence-electron chi connectivity index (χ0n) is 12.2. The summed E-state index contributed by atoms with van der Waals surface area (Å²) in [5.41, 5.74) is 2.89. The van der Waals surface area contributed by atoms with Gasteiger partial charge in [0.15, 0.2) is 0 Å². The number of aromatic nitrogens is 1. The van der Waals surface area contributed by atoms with Gasteiger partial charge in [-0.3, -0.25) is 4.79 Å². The van der Waals surface area contributed by atoms with Crippen LogP contribution in [0.1, 0.15) is 52.7 Å². The van der Waals surface area contributed by atoms with Gasteiger partial charge in [-0.15, -0.1) is 0 Å². The highest BCUT2D eigenvalue weighted by Crippen LogP contribution is 2.36. The minimum Gasteiger partial charge on any atom is -0.350 e. The van der Waals surface area contributed by atoms with Gasteiger partial charge in [0.1, 0.15) is 5.82 Å². The third kappa shape index (κ3) is 2.12. The van der Waals surface area contributed by atoms with E-state index in [0.717, 1.165) is 48.9 Å². The fourth-order valence-corrected chi connectivity index (χ4v) is 3.35. The summed E-state index contributed by atoms with van der Waals surface area (Å²) in [5.74, 6) is 0.0583. The van der Waals surface area contributed by atoms with Gasteiger partial charge in [-0.05, 0) is 49.8 Å². The van der Waals surface area contributed by atoms with Crippen molar-refractivity contribution in [1.29, 1.82) is 0 Å². The number of benzene rings is 1. The fraction of sp³-hybridized carbons (Fsp3) is 0.412. The molecular weight excluding hydrogens is 283 g/mol. The number of hydrogen-bond donors (Lipinski definition) is 0. The molecule has 1 atom stereocenters. The molecule has 0 bridgehead atoms. The number of halogens is 1. The molecule has 2 aromatic rings. The predicted octanol–water partition coefficient (Wildman–Crippen LogP) is 3.28. The minimum atomic E-state index is -0.259. The van der Waals surface area contributed by atoms with Crippen molar-refractivity contribution < 1.29 is 13.7 Å². The third-order valence-corrected chi connectivity index (χ3v) is 4.69. The summed E-state index contributed by atoms with van der Waals surface area (Å²) in [4.78, 5) is 14.5. The van der Waals surface area contributed by atoms with Crippen LogP contribution in [-0.2, 0) is 12.8 Å². The normalized spacial score (nSPS) is 20.4. The van der Waals surface area contributed by atoms with Gasteiger partial charge in [-0.1, -0.05) is 17.3 Å². The number of rotatable bonds is 2. The van der Waals surface area contributed by atoms with E-state index < -0.39 is 0 Å². The summed E-state index contributed by atoms with van der Waals surface area (Å²) < 4.78 is 18.4. The quantitative estimate of drug-likeness (QED) is 0.855. The molecule has 1 fully saturated rings. The third-order valence-electron chi connectivity index (χ3n) is 4.69. The zero-order chi connectivity index (χ0) is 15.1. The summed E-state index contributed by atoms with van der Waals surface area (Å²) in [6.07, 6.45) is 4.85. The van der Waals surface area contributed by atoms with Crippen LogP contribution >= 0.6 is 0 Å². The van der Waals surface area contributed by atoms with Crippen molar-refractivity contribution in [3.63, 3.8) is 0 Å². The Morgan fingerprint density at radius 3 is 2.73 bits per heavy atom. The maximum Gasteiger partial charge on any atom is 0.293 e. The van der Waals surface area contributed by atoms with Crippen molar-refractivity contribution in [2.75, 3.05) is 6.54 Å². The van der Waals surface area contributed by atoms with Gasteiger partial charge < -0.3 is 9.42 Å². The summed E-state index contributed by atoms with van der Waals surface area (Å²) in [5, 5.41) is 4.06. The van der Waals surface area contributed by atoms with E-state index in [4.69, 9.17) is 4.52 Å². The van der Waals surface area contributed by atoms with Crippen LogP contribution < -0.4 is 0 Å². The number of carbonyl (C=O) groups is 1. The Morgan fingerprint density at radius 2 is 2.00 bits per heavy atom. The van der Waals surface area contributed by atoms with Crippen LogP contribution in [0.25, 0.3) is 0 Å². The molecule has 1 aliphatic carbocycles. The van der Waals surface area contributed by atoms with Crippen LogP contribution in [0.2, 0.25) is 0 Å². The summed E-state index contributed by atoms with van der Waals surface area (Å²) >= 11 is 0. The first kappa shape index (κ1) is 13.5. The summed E-state index contributed by atoms with van der Waals surface area (Å²) in [6, 6.07) is 6.38. The smallest absolute Gasteiger partial charge is 0.293 e. The summed E-state index contributed by atoms with van der Waals surface area (Å²) in [6.45, 7) is 0.705. The first-order valence-corrected chi connectivity index (χ1v) is 7.78. The van der Waals surface area contributed by atoms with Gasteiger partial charge >= 0.3 is 0 Å². The van der Waals surface area contributed by atoms with Crippen molar-refractivity contribution >= 4 is 5.91 Å². The van der Waals surface area contributed by atoms with Gasteiger partial charge in [0.05, 0.1) is 11.7 Å². The molecule has 1 aromatic carbocycles. The van der Waals surface area contributed by atoms with E-state index in [2.05, 4.69) is 5.16 Å². The lowest BCUT2D eigenvalue weighted by Crippen LogP contribution is -2.45. The molecule has 22 heavy (non-hydrogen) atoms. The van der Waals surface area contributed by atoms with Crippen molar-refractivity contribution in [2.24, 2.45) is 0 Å². The number of nitrogens with zero attached hydrogens (tertiary/aromatic N) is 2. The van der Waals surface area contributed by atoms with E-state index >= 15 is 0 Å². The average Bonchev–Trinajstić information content (AvgIpc) is 2.92. The monoisotopic (exact) mass is 300 g/mol. The van der Waals surface area contributed by atoms with E-state index in [1.807, 2.05) is 0 Å². The van der Waals surface area contributed by atoms with Crippen molar-refractivity contribution in [3.05, 3.63) is 52.7 Å². The molecule has 1 aliphatic heterocycles. The zero-order valence-corrected chi connectivity index (χ0v) is 12.2. The highest BCUT2D eigenvalue weighted by molar-refractivity contribution is 5.94. The maximum atomic E-state index is 13.0. The van der Waals surface area contributed by atoms with Gasteiger partial charge in [0, 0.05) is 12.1 Å². The number of aryl methyl sites for hydroxylation is 1. The van der Waals surface area contributed by atoms with Crippen molar-refractivity contribution in [2.45, 2.75) is 38.1 Å². The Labute approximate surface area is 127 Å². The molecule has 0 N–H and O–H groups in total. The molecule has 4 nitrogen and oxygen atoms in total. The second kappa shape index (κ2) is 5.23. The molecule has 2 aliphatic rings. The van der Waals surface area contributed by atoms with Crippen molar-refractivity contribution in [1.82, 2.24) is 10.1 Å². The average molecular weight is 300 g/mol. The predicted molar refractivity (Wildman–Crippen MR) is 77.9 cm³/mol. The van der Waals surface area contributed by atoms with Crippen molar-refractivity contribution in [3.8, 4) is 0 Å². The first-order valence-electron chi connectivity index (χ1n) is 7.78. The van der Waals surface area contributed by atoms with Crippen LogP contribution in [0.5, 0.6) is 0 Å². The van der Waals surface area contributed by atoms with Gasteiger partial charge in [0.25, 0.3) is 5.91 Å². The number of fused-ring (bicyclic) bond motifs is 1. The van der Waals surface area contributed by atoms with E-state index in [0.29, 0.717) is 12.3 Å². The summed E-state index contributed by atoms with van der Waals surface area (Å²) in [7, 11) is 0. The molecule has 2 heterocycles. The Bertz CT molecular complexity index is 708. The van der Waals surface area contributed by atoms with Crippen LogP contribution in [0.15, 0.2) is 28.8 Å². The molecule has 114 valence electrons. The second-order valence-corrected chi connectivity index (χ2v) is 6.00. The van der Waals surface area contributed by atoms with Gasteiger partial charge in [-0.2, -0.15) is 0 Å². The van der Waals surface area contributed by atoms with Crippen LogP contribution in [0.4, 0.5) is 4.39 Å². The highest BCUT2D eigenvalue weighted by atomic mass is 19.1. The molecular formula is C17H17FN2O2. The number of carbonyl (C=O) groups excluding carboxylic acids is 1. The fourth-order valence-electron chi connectivity index (χ4n) is 3.35. The van der Waals surface area contributed by atoms with Gasteiger partial charge in [-0.25, -0.2) is 4.39 Å². The Balaban J connectivity index is 1.58. The maximum absolute atomic E-state index is 13.0. The topological polar surface area (TPSA) is 46.3 Å². The second-order valence-electron chi connectivity index (χ2n) is 6.00. The Hall–Kier alpha value is -2.17. The standard InChI is InChI=1S/C17H17FN2O2/c18-12-7-5-11(6-8-12)15-9-10-20(15)17(21)16-13-3-1-2-4-14(13)19-22-16/h5-8,15H,1-4,9-10H2. The van der Waals surface area contributed by atoms with E-state index in [1.54, 1.807) is 17.0 Å². The molecule has 0 spiro atoms. The lowest BCUT2D eigenvalue weighted by atomic mass is 9.92. The first-order chi connectivity index (χ1) is 10.7. The number of likely N-dealkylation sites (tertiary alicyclic amines) is 1. The van der Waals surface area contributed by atoms with Crippen LogP contribution in [0, 0.1) is 5.82 Å². The lowest BCUT2D eigenvalue weighted by Gasteiger charge is -2.40. The molecule has 5 heteroatoms. The SMILES string of the molecule is O=C(c1onc2c1CCCC2)N1CCC1c1ccc(F)cc1.